The van der Waals surface area contributed by atoms with Gasteiger partial charge >= 0.3 is 5.97 Å². The number of carbonyl (C=O) groups is 3. The van der Waals surface area contributed by atoms with E-state index >= 15 is 0 Å². The summed E-state index contributed by atoms with van der Waals surface area (Å²) in [4.78, 5) is 37.4. The highest BCUT2D eigenvalue weighted by Gasteiger charge is 2.34. The van der Waals surface area contributed by atoms with Crippen LogP contribution in [-0.4, -0.2) is 46.4 Å². The highest BCUT2D eigenvalue weighted by Crippen LogP contribution is 2.20. The number of nitrogens with one attached hydrogen (secondary N) is 1. The molecule has 0 bridgehead atoms. The van der Waals surface area contributed by atoms with Gasteiger partial charge in [-0.15, -0.1) is 0 Å². The largest absolute Gasteiger partial charge is 0.480 e. The lowest BCUT2D eigenvalue weighted by Gasteiger charge is -2.33. The van der Waals surface area contributed by atoms with Crippen LogP contribution in [-0.2, 0) is 9.59 Å². The molecule has 1 fully saturated rings. The first-order valence-corrected chi connectivity index (χ1v) is 7.81. The fourth-order valence-electron chi connectivity index (χ4n) is 2.61. The smallest absolute Gasteiger partial charge is 0.328 e. The molecule has 6 nitrogen and oxygen atoms in total. The normalized spacial score (nSPS) is 18.1. The van der Waals surface area contributed by atoms with Crippen molar-refractivity contribution in [1.82, 2.24) is 10.2 Å². The van der Waals surface area contributed by atoms with Crippen LogP contribution in [0.25, 0.3) is 0 Å². The second-order valence-electron chi connectivity index (χ2n) is 6.52. The van der Waals surface area contributed by atoms with Crippen molar-refractivity contribution in [3.63, 3.8) is 0 Å². The van der Waals surface area contributed by atoms with E-state index in [1.807, 2.05) is 0 Å². The van der Waals surface area contributed by atoms with Crippen molar-refractivity contribution >= 4 is 17.8 Å². The van der Waals surface area contributed by atoms with Crippen molar-refractivity contribution in [3.05, 3.63) is 35.6 Å². The van der Waals surface area contributed by atoms with Crippen molar-refractivity contribution in [2.75, 3.05) is 13.1 Å². The SMILES string of the molecule is CC(C)(NC(=O)C1CCCN(C(=O)c2ccc(F)cc2)C1)C(=O)O. The molecule has 24 heavy (non-hydrogen) atoms. The molecule has 7 heteroatoms. The van der Waals surface area contributed by atoms with Gasteiger partial charge in [-0.1, -0.05) is 0 Å². The zero-order valence-electron chi connectivity index (χ0n) is 13.7. The van der Waals surface area contributed by atoms with Gasteiger partial charge in [0.1, 0.15) is 11.4 Å². The third-order valence-electron chi connectivity index (χ3n) is 4.14. The molecule has 2 amide bonds. The number of nitrogens with zero attached hydrogens (tertiary/aromatic N) is 1. The molecule has 0 spiro atoms. The zero-order valence-corrected chi connectivity index (χ0v) is 13.7. The van der Waals surface area contributed by atoms with Crippen molar-refractivity contribution in [1.29, 1.82) is 0 Å². The maximum absolute atomic E-state index is 13.0. The third kappa shape index (κ3) is 4.10. The highest BCUT2D eigenvalue weighted by atomic mass is 19.1. The Hall–Kier alpha value is -2.44. The Morgan fingerprint density at radius 2 is 1.88 bits per heavy atom. The van der Waals surface area contributed by atoms with Crippen LogP contribution in [0.4, 0.5) is 4.39 Å². The number of carboxylic acids is 1. The molecule has 0 saturated carbocycles. The molecular weight excluding hydrogens is 315 g/mol. The van der Waals surface area contributed by atoms with Gasteiger partial charge in [-0.2, -0.15) is 0 Å². The molecule has 1 heterocycles. The van der Waals surface area contributed by atoms with Crippen LogP contribution < -0.4 is 5.32 Å². The van der Waals surface area contributed by atoms with Crippen LogP contribution in [0.1, 0.15) is 37.0 Å². The van der Waals surface area contributed by atoms with Gasteiger partial charge in [-0.3, -0.25) is 9.59 Å². The van der Waals surface area contributed by atoms with E-state index in [-0.39, 0.29) is 18.4 Å². The van der Waals surface area contributed by atoms with Gasteiger partial charge in [0.15, 0.2) is 0 Å². The lowest BCUT2D eigenvalue weighted by atomic mass is 9.94. The summed E-state index contributed by atoms with van der Waals surface area (Å²) in [6.45, 7) is 3.56. The molecular formula is C17H21FN2O4. The van der Waals surface area contributed by atoms with Crippen LogP contribution in [0.5, 0.6) is 0 Å². The first-order valence-electron chi connectivity index (χ1n) is 7.81. The van der Waals surface area contributed by atoms with Crippen molar-refractivity contribution in [2.45, 2.75) is 32.2 Å². The summed E-state index contributed by atoms with van der Waals surface area (Å²) in [6, 6.07) is 5.26. The maximum Gasteiger partial charge on any atom is 0.328 e. The fraction of sp³-hybridized carbons (Fsp3) is 0.471. The van der Waals surface area contributed by atoms with E-state index < -0.39 is 23.2 Å². The molecule has 0 aromatic heterocycles. The molecule has 1 unspecified atom stereocenters. The monoisotopic (exact) mass is 336 g/mol. The zero-order chi connectivity index (χ0) is 17.9. The molecule has 2 rings (SSSR count). The summed E-state index contributed by atoms with van der Waals surface area (Å²) >= 11 is 0. The van der Waals surface area contributed by atoms with E-state index in [1.165, 1.54) is 38.1 Å². The Kier molecular flexibility index (Phi) is 5.21. The summed E-state index contributed by atoms with van der Waals surface area (Å²) in [5, 5.41) is 11.6. The molecule has 1 saturated heterocycles. The highest BCUT2D eigenvalue weighted by molar-refractivity contribution is 5.95. The molecule has 0 aliphatic carbocycles. The average molecular weight is 336 g/mol. The number of halogens is 1. The number of carboxylic acid groups (broad SMARTS) is 1. The van der Waals surface area contributed by atoms with Crippen LogP contribution in [0, 0.1) is 11.7 Å². The predicted molar refractivity (Wildman–Crippen MR) is 84.9 cm³/mol. The summed E-state index contributed by atoms with van der Waals surface area (Å²) < 4.78 is 13.0. The minimum atomic E-state index is -1.36. The van der Waals surface area contributed by atoms with Crippen LogP contribution in [0.15, 0.2) is 24.3 Å². The van der Waals surface area contributed by atoms with Gasteiger partial charge < -0.3 is 15.3 Å². The van der Waals surface area contributed by atoms with Gasteiger partial charge in [0.25, 0.3) is 5.91 Å². The summed E-state index contributed by atoms with van der Waals surface area (Å²) in [5.41, 5.74) is -0.997. The molecule has 0 radical (unpaired) electrons. The molecule has 1 aliphatic rings. The van der Waals surface area contributed by atoms with E-state index in [2.05, 4.69) is 5.32 Å². The van der Waals surface area contributed by atoms with Crippen LogP contribution in [0.3, 0.4) is 0 Å². The van der Waals surface area contributed by atoms with E-state index in [4.69, 9.17) is 5.11 Å². The number of piperidine rings is 1. The first-order chi connectivity index (χ1) is 11.2. The standard InChI is InChI=1S/C17H21FN2O4/c1-17(2,16(23)24)19-14(21)12-4-3-9-20(10-12)15(22)11-5-7-13(18)8-6-11/h5-8,12H,3-4,9-10H2,1-2H3,(H,19,21)(H,23,24). The molecule has 1 aromatic carbocycles. The second kappa shape index (κ2) is 6.98. The molecule has 1 aliphatic heterocycles. The predicted octanol–water partition coefficient (Wildman–Crippen LogP) is 1.66. The van der Waals surface area contributed by atoms with E-state index in [9.17, 15) is 18.8 Å². The number of amides is 2. The Morgan fingerprint density at radius 3 is 2.46 bits per heavy atom. The Morgan fingerprint density at radius 1 is 1.25 bits per heavy atom. The number of benzene rings is 1. The minimum absolute atomic E-state index is 0.220. The summed E-state index contributed by atoms with van der Waals surface area (Å²) in [7, 11) is 0. The number of hydrogen-bond acceptors (Lipinski definition) is 3. The average Bonchev–Trinajstić information content (AvgIpc) is 2.54. The number of hydrogen-bond donors (Lipinski definition) is 2. The quantitative estimate of drug-likeness (QED) is 0.875. The Labute approximate surface area is 139 Å². The van der Waals surface area contributed by atoms with Gasteiger partial charge in [0, 0.05) is 18.7 Å². The van der Waals surface area contributed by atoms with Gasteiger partial charge in [-0.05, 0) is 51.0 Å². The van der Waals surface area contributed by atoms with Gasteiger partial charge in [0.05, 0.1) is 5.92 Å². The second-order valence-corrected chi connectivity index (χ2v) is 6.52. The lowest BCUT2D eigenvalue weighted by molar-refractivity contribution is -0.147. The third-order valence-corrected chi connectivity index (χ3v) is 4.14. The van der Waals surface area contributed by atoms with E-state index in [0.29, 0.717) is 24.9 Å². The molecule has 1 atom stereocenters. The van der Waals surface area contributed by atoms with Crippen molar-refractivity contribution in [3.8, 4) is 0 Å². The topological polar surface area (TPSA) is 86.7 Å². The van der Waals surface area contributed by atoms with Crippen LogP contribution in [0.2, 0.25) is 0 Å². The van der Waals surface area contributed by atoms with Gasteiger partial charge in [0.2, 0.25) is 5.91 Å². The first kappa shape index (κ1) is 17.9. The van der Waals surface area contributed by atoms with Gasteiger partial charge in [-0.25, -0.2) is 9.18 Å². The minimum Gasteiger partial charge on any atom is -0.480 e. The lowest BCUT2D eigenvalue weighted by Crippen LogP contribution is -2.54. The number of rotatable bonds is 4. The summed E-state index contributed by atoms with van der Waals surface area (Å²) in [6.07, 6.45) is 1.24. The Balaban J connectivity index is 2.03. The van der Waals surface area contributed by atoms with E-state index in [0.717, 1.165) is 0 Å². The number of aliphatic carboxylic acids is 1. The molecule has 130 valence electrons. The number of carbonyl (C=O) groups excluding carboxylic acids is 2. The van der Waals surface area contributed by atoms with Crippen LogP contribution >= 0.6 is 0 Å². The maximum atomic E-state index is 13.0. The van der Waals surface area contributed by atoms with Crippen molar-refractivity contribution < 1.29 is 23.9 Å². The molecule has 2 N–H and O–H groups in total. The Bertz CT molecular complexity index is 642. The fourth-order valence-corrected chi connectivity index (χ4v) is 2.61. The number of likely N-dealkylation sites (tertiary alicyclic amines) is 1. The molecule has 1 aromatic rings. The van der Waals surface area contributed by atoms with Crippen molar-refractivity contribution in [2.24, 2.45) is 5.92 Å². The van der Waals surface area contributed by atoms with E-state index in [1.54, 1.807) is 4.90 Å². The summed E-state index contributed by atoms with van der Waals surface area (Å²) in [5.74, 6) is -2.63.